The van der Waals surface area contributed by atoms with E-state index in [0.29, 0.717) is 0 Å². The lowest BCUT2D eigenvalue weighted by atomic mass is 9.67. The molecule has 13 rings (SSSR count). The summed E-state index contributed by atoms with van der Waals surface area (Å²) in [5.41, 5.74) is 19.1. The van der Waals surface area contributed by atoms with Crippen molar-refractivity contribution in [2.45, 2.75) is 5.41 Å². The largest absolute Gasteiger partial charge is 0.456 e. The summed E-state index contributed by atoms with van der Waals surface area (Å²) in [6.07, 6.45) is 0. The maximum absolute atomic E-state index is 6.31. The van der Waals surface area contributed by atoms with Gasteiger partial charge < -0.3 is 9.32 Å². The number of anilines is 3. The van der Waals surface area contributed by atoms with E-state index in [2.05, 4.69) is 254 Å². The van der Waals surface area contributed by atoms with Crippen LogP contribution in [-0.4, -0.2) is 0 Å². The van der Waals surface area contributed by atoms with Gasteiger partial charge in [0.25, 0.3) is 0 Å². The van der Waals surface area contributed by atoms with E-state index in [-0.39, 0.29) is 0 Å². The van der Waals surface area contributed by atoms with Crippen molar-refractivity contribution in [1.29, 1.82) is 0 Å². The van der Waals surface area contributed by atoms with E-state index in [4.69, 9.17) is 4.42 Å². The Labute approximate surface area is 390 Å². The fraction of sp³-hybridized carbons (Fsp3) is 0.0154. The van der Waals surface area contributed by atoms with E-state index in [9.17, 15) is 0 Å². The molecule has 0 spiro atoms. The molecule has 0 N–H and O–H groups in total. The van der Waals surface area contributed by atoms with Crippen molar-refractivity contribution < 1.29 is 4.42 Å². The predicted molar refractivity (Wildman–Crippen MR) is 280 cm³/mol. The average Bonchev–Trinajstić information content (AvgIpc) is 3.93. The zero-order chi connectivity index (χ0) is 44.3. The van der Waals surface area contributed by atoms with Crippen LogP contribution in [0.2, 0.25) is 0 Å². The summed E-state index contributed by atoms with van der Waals surface area (Å²) in [7, 11) is 0. The first-order chi connectivity index (χ1) is 33.2. The molecule has 0 unspecified atom stereocenters. The summed E-state index contributed by atoms with van der Waals surface area (Å²) in [6, 6.07) is 95.2. The lowest BCUT2D eigenvalue weighted by Gasteiger charge is -2.35. The number of benzene rings is 11. The third kappa shape index (κ3) is 6.26. The van der Waals surface area contributed by atoms with Gasteiger partial charge in [-0.3, -0.25) is 0 Å². The molecule has 0 radical (unpaired) electrons. The molecule has 0 atom stereocenters. The molecule has 0 aliphatic heterocycles. The average molecular weight is 854 g/mol. The minimum absolute atomic E-state index is 0.540. The highest BCUT2D eigenvalue weighted by Crippen LogP contribution is 2.57. The molecule has 1 aliphatic rings. The Kier molecular flexibility index (Phi) is 9.11. The number of fused-ring (bicyclic) bond motifs is 7. The molecule has 2 heteroatoms. The minimum atomic E-state index is -0.540. The number of rotatable bonds is 8. The number of furan rings is 1. The summed E-state index contributed by atoms with van der Waals surface area (Å²) < 4.78 is 6.31. The minimum Gasteiger partial charge on any atom is -0.456 e. The molecule has 0 amide bonds. The third-order valence-corrected chi connectivity index (χ3v) is 14.0. The monoisotopic (exact) mass is 853 g/mol. The fourth-order valence-corrected chi connectivity index (χ4v) is 11.0. The van der Waals surface area contributed by atoms with Crippen molar-refractivity contribution in [3.8, 4) is 44.5 Å². The number of para-hydroxylation sites is 2. The van der Waals surface area contributed by atoms with Crippen LogP contribution in [-0.2, 0) is 5.41 Å². The van der Waals surface area contributed by atoms with Gasteiger partial charge in [-0.1, -0.05) is 206 Å². The lowest BCUT2D eigenvalue weighted by Crippen LogP contribution is -2.28. The first kappa shape index (κ1) is 38.7. The summed E-state index contributed by atoms with van der Waals surface area (Å²) in [6.45, 7) is 0. The third-order valence-electron chi connectivity index (χ3n) is 14.0. The second kappa shape index (κ2) is 15.8. The topological polar surface area (TPSA) is 16.4 Å². The van der Waals surface area contributed by atoms with Gasteiger partial charge in [-0.15, -0.1) is 0 Å². The molecule has 11 aromatic carbocycles. The molecule has 67 heavy (non-hydrogen) atoms. The van der Waals surface area contributed by atoms with Crippen molar-refractivity contribution >= 4 is 49.8 Å². The van der Waals surface area contributed by atoms with Crippen LogP contribution in [0.5, 0.6) is 0 Å². The van der Waals surface area contributed by atoms with E-state index in [0.717, 1.165) is 55.7 Å². The predicted octanol–water partition coefficient (Wildman–Crippen LogP) is 17.6. The van der Waals surface area contributed by atoms with Gasteiger partial charge >= 0.3 is 0 Å². The molecule has 12 aromatic rings. The second-order valence-corrected chi connectivity index (χ2v) is 17.6. The van der Waals surface area contributed by atoms with Crippen LogP contribution in [0.25, 0.3) is 77.2 Å². The summed E-state index contributed by atoms with van der Waals surface area (Å²) in [5, 5.41) is 4.72. The molecule has 1 aromatic heterocycles. The molecule has 0 bridgehead atoms. The van der Waals surface area contributed by atoms with Crippen LogP contribution in [0, 0.1) is 0 Å². The van der Waals surface area contributed by atoms with Crippen molar-refractivity contribution in [3.05, 3.63) is 283 Å². The molecule has 0 saturated heterocycles. The number of hydrogen-bond acceptors (Lipinski definition) is 2. The Morgan fingerprint density at radius 3 is 1.69 bits per heavy atom. The molecular weight excluding hydrogens is 811 g/mol. The molecule has 2 nitrogen and oxygen atoms in total. The van der Waals surface area contributed by atoms with Crippen LogP contribution >= 0.6 is 0 Å². The van der Waals surface area contributed by atoms with Crippen LogP contribution in [0.4, 0.5) is 17.1 Å². The van der Waals surface area contributed by atoms with Crippen LogP contribution in [0.15, 0.2) is 265 Å². The molecule has 1 aliphatic carbocycles. The van der Waals surface area contributed by atoms with Gasteiger partial charge in [0.2, 0.25) is 0 Å². The Balaban J connectivity index is 1.01. The van der Waals surface area contributed by atoms with Crippen molar-refractivity contribution in [3.63, 3.8) is 0 Å². The number of nitrogens with zero attached hydrogens (tertiary/aromatic N) is 1. The zero-order valence-corrected chi connectivity index (χ0v) is 36.7. The van der Waals surface area contributed by atoms with E-state index in [1.807, 2.05) is 12.1 Å². The molecule has 314 valence electrons. The molecule has 1 heterocycles. The second-order valence-electron chi connectivity index (χ2n) is 17.6. The SMILES string of the molecule is c1ccc(C2(c3ccccc3)c3ccccc3-c3ccc(N(c4ccc(-c5cccc(-c6cccc7ccccc67)c5)cc4)c4ccccc4-c4ccc5oc6ccccc6c5c4)cc32)cc1. The van der Waals surface area contributed by atoms with E-state index >= 15 is 0 Å². The van der Waals surface area contributed by atoms with Crippen molar-refractivity contribution in [1.82, 2.24) is 0 Å². The van der Waals surface area contributed by atoms with Crippen LogP contribution < -0.4 is 4.90 Å². The van der Waals surface area contributed by atoms with E-state index in [1.165, 1.54) is 60.8 Å². The smallest absolute Gasteiger partial charge is 0.135 e. The Morgan fingerprint density at radius 2 is 0.866 bits per heavy atom. The summed E-state index contributed by atoms with van der Waals surface area (Å²) >= 11 is 0. The highest BCUT2D eigenvalue weighted by Gasteiger charge is 2.46. The van der Waals surface area contributed by atoms with Gasteiger partial charge in [0.1, 0.15) is 11.2 Å². The van der Waals surface area contributed by atoms with Gasteiger partial charge in [-0.05, 0) is 127 Å². The first-order valence-electron chi connectivity index (χ1n) is 23.1. The molecular formula is C65H43NO. The molecule has 0 fully saturated rings. The maximum Gasteiger partial charge on any atom is 0.135 e. The van der Waals surface area contributed by atoms with Gasteiger partial charge in [0.05, 0.1) is 11.1 Å². The van der Waals surface area contributed by atoms with E-state index < -0.39 is 5.41 Å². The highest BCUT2D eigenvalue weighted by molar-refractivity contribution is 6.07. The van der Waals surface area contributed by atoms with Crippen LogP contribution in [0.1, 0.15) is 22.3 Å². The summed E-state index contributed by atoms with van der Waals surface area (Å²) in [5.74, 6) is 0. The van der Waals surface area contributed by atoms with Crippen LogP contribution in [0.3, 0.4) is 0 Å². The molecule has 0 saturated carbocycles. The summed E-state index contributed by atoms with van der Waals surface area (Å²) in [4.78, 5) is 2.45. The van der Waals surface area contributed by atoms with E-state index in [1.54, 1.807) is 0 Å². The quantitative estimate of drug-likeness (QED) is 0.151. The number of hydrogen-bond donors (Lipinski definition) is 0. The van der Waals surface area contributed by atoms with Gasteiger partial charge in [0.15, 0.2) is 0 Å². The standard InChI is InChI=1S/C65H43NO/c1-3-21-49(22-4-1)65(50-23-5-2-6-24-50)60-30-12-9-27-56(60)57-39-38-52(43-61(57)65)66(62-31-13-10-26-55(62)48-35-40-64-59(42-48)58-28-11-14-32-63(58)67-64)51-36-33-44(34-37-51)46-19-15-20-47(41-46)54-29-16-18-45-17-7-8-25-53(45)54/h1-43H. The Morgan fingerprint density at radius 1 is 0.299 bits per heavy atom. The highest BCUT2D eigenvalue weighted by atomic mass is 16.3. The first-order valence-corrected chi connectivity index (χ1v) is 23.1. The van der Waals surface area contributed by atoms with Gasteiger partial charge in [-0.25, -0.2) is 0 Å². The maximum atomic E-state index is 6.31. The van der Waals surface area contributed by atoms with Crippen molar-refractivity contribution in [2.75, 3.05) is 4.90 Å². The van der Waals surface area contributed by atoms with Gasteiger partial charge in [0, 0.05) is 27.7 Å². The van der Waals surface area contributed by atoms with Gasteiger partial charge in [-0.2, -0.15) is 0 Å². The lowest BCUT2D eigenvalue weighted by molar-refractivity contribution is 0.669. The normalized spacial score (nSPS) is 12.6. The van der Waals surface area contributed by atoms with Crippen molar-refractivity contribution in [2.24, 2.45) is 0 Å². The fourth-order valence-electron chi connectivity index (χ4n) is 11.0. The Hall–Kier alpha value is -8.72. The Bertz CT molecular complexity index is 3760. The zero-order valence-electron chi connectivity index (χ0n) is 36.7.